The molecule has 1 fully saturated rings. The van der Waals surface area contributed by atoms with Crippen molar-refractivity contribution in [1.29, 1.82) is 0 Å². The van der Waals surface area contributed by atoms with Crippen molar-refractivity contribution in [3.63, 3.8) is 0 Å². The van der Waals surface area contributed by atoms with E-state index in [2.05, 4.69) is 10.2 Å². The first-order chi connectivity index (χ1) is 12.0. The summed E-state index contributed by atoms with van der Waals surface area (Å²) in [5, 5.41) is 3.38. The van der Waals surface area contributed by atoms with Crippen LogP contribution in [0.5, 0.6) is 5.75 Å². The Morgan fingerprint density at radius 2 is 1.80 bits per heavy atom. The largest absolute Gasteiger partial charge is 0.492 e. The van der Waals surface area contributed by atoms with E-state index >= 15 is 0 Å². The molecule has 0 amide bonds. The van der Waals surface area contributed by atoms with Gasteiger partial charge in [0.15, 0.2) is 0 Å². The lowest BCUT2D eigenvalue weighted by Crippen LogP contribution is -2.52. The molecule has 2 heterocycles. The van der Waals surface area contributed by atoms with Crippen LogP contribution in [-0.2, 0) is 12.7 Å². The maximum Gasteiger partial charge on any atom is 0.416 e. The molecule has 132 valence electrons. The Bertz CT molecular complexity index is 758. The molecule has 2 aromatic carbocycles. The molecule has 2 aliphatic rings. The normalized spacial score (nSPS) is 21.0. The number of fused-ring (bicyclic) bond motifs is 2. The van der Waals surface area contributed by atoms with Gasteiger partial charge in [0.1, 0.15) is 12.4 Å². The lowest BCUT2D eigenvalue weighted by Gasteiger charge is -2.33. The minimum absolute atomic E-state index is 0.357. The van der Waals surface area contributed by atoms with E-state index in [-0.39, 0.29) is 0 Å². The van der Waals surface area contributed by atoms with Gasteiger partial charge in [0.25, 0.3) is 0 Å². The Hall–Kier alpha value is -2.05. The second kappa shape index (κ2) is 6.35. The standard InChI is InChI=1S/C19H19F3N2O/c20-19(21,22)16-4-1-13(2-5-16)14-3-6-18-15(9-14)11-24-8-7-23-10-17(24)12-25-18/h1-6,9,17,23H,7-8,10-12H2/t17-/m1/s1. The van der Waals surface area contributed by atoms with Crippen LogP contribution in [0.15, 0.2) is 42.5 Å². The molecule has 0 bridgehead atoms. The van der Waals surface area contributed by atoms with Gasteiger partial charge in [-0.3, -0.25) is 4.90 Å². The van der Waals surface area contributed by atoms with Crippen LogP contribution in [0.4, 0.5) is 13.2 Å². The summed E-state index contributed by atoms with van der Waals surface area (Å²) < 4.78 is 44.1. The summed E-state index contributed by atoms with van der Waals surface area (Å²) in [5.74, 6) is 0.866. The van der Waals surface area contributed by atoms with E-state index in [0.29, 0.717) is 12.6 Å². The highest BCUT2D eigenvalue weighted by atomic mass is 19.4. The van der Waals surface area contributed by atoms with Gasteiger partial charge in [-0.05, 0) is 35.4 Å². The Morgan fingerprint density at radius 3 is 2.56 bits per heavy atom. The Morgan fingerprint density at radius 1 is 1.04 bits per heavy atom. The molecule has 2 aliphatic heterocycles. The highest BCUT2D eigenvalue weighted by Crippen LogP contribution is 2.33. The quantitative estimate of drug-likeness (QED) is 0.853. The zero-order valence-corrected chi connectivity index (χ0v) is 13.6. The number of nitrogens with zero attached hydrogens (tertiary/aromatic N) is 1. The number of halogens is 3. The molecule has 6 heteroatoms. The summed E-state index contributed by atoms with van der Waals surface area (Å²) in [5.41, 5.74) is 2.14. The molecule has 1 saturated heterocycles. The van der Waals surface area contributed by atoms with Crippen molar-refractivity contribution in [2.24, 2.45) is 0 Å². The summed E-state index contributed by atoms with van der Waals surface area (Å²) in [6.45, 7) is 4.30. The van der Waals surface area contributed by atoms with Gasteiger partial charge < -0.3 is 10.1 Å². The van der Waals surface area contributed by atoms with Crippen molar-refractivity contribution >= 4 is 0 Å². The smallest absolute Gasteiger partial charge is 0.416 e. The Labute approximate surface area is 144 Å². The number of piperazine rings is 1. The summed E-state index contributed by atoms with van der Waals surface area (Å²) in [4.78, 5) is 2.40. The lowest BCUT2D eigenvalue weighted by molar-refractivity contribution is -0.137. The van der Waals surface area contributed by atoms with Crippen molar-refractivity contribution in [2.75, 3.05) is 26.2 Å². The molecule has 0 spiro atoms. The van der Waals surface area contributed by atoms with Crippen LogP contribution in [0.3, 0.4) is 0 Å². The molecule has 0 aromatic heterocycles. The first-order valence-corrected chi connectivity index (χ1v) is 8.39. The van der Waals surface area contributed by atoms with Crippen molar-refractivity contribution in [3.05, 3.63) is 53.6 Å². The molecule has 0 radical (unpaired) electrons. The van der Waals surface area contributed by atoms with E-state index in [0.717, 1.165) is 60.8 Å². The van der Waals surface area contributed by atoms with E-state index in [1.54, 1.807) is 0 Å². The monoisotopic (exact) mass is 348 g/mol. The number of ether oxygens (including phenoxy) is 1. The fraction of sp³-hybridized carbons (Fsp3) is 0.368. The Balaban J connectivity index is 1.62. The summed E-state index contributed by atoms with van der Waals surface area (Å²) in [7, 11) is 0. The van der Waals surface area contributed by atoms with Crippen LogP contribution >= 0.6 is 0 Å². The van der Waals surface area contributed by atoms with Crippen LogP contribution in [0, 0.1) is 0 Å². The number of rotatable bonds is 1. The first kappa shape index (κ1) is 16.4. The minimum atomic E-state index is -4.31. The van der Waals surface area contributed by atoms with Crippen molar-refractivity contribution in [2.45, 2.75) is 18.8 Å². The highest BCUT2D eigenvalue weighted by molar-refractivity contribution is 5.66. The zero-order valence-electron chi connectivity index (χ0n) is 13.6. The molecular weight excluding hydrogens is 329 g/mol. The highest BCUT2D eigenvalue weighted by Gasteiger charge is 2.30. The van der Waals surface area contributed by atoms with Crippen molar-refractivity contribution in [1.82, 2.24) is 10.2 Å². The summed E-state index contributed by atoms with van der Waals surface area (Å²) in [6.07, 6.45) is -4.31. The van der Waals surface area contributed by atoms with Crippen LogP contribution in [0.2, 0.25) is 0 Å². The van der Waals surface area contributed by atoms with Crippen molar-refractivity contribution in [3.8, 4) is 16.9 Å². The second-order valence-corrected chi connectivity index (χ2v) is 6.54. The molecular formula is C19H19F3N2O. The number of benzene rings is 2. The van der Waals surface area contributed by atoms with Gasteiger partial charge in [-0.15, -0.1) is 0 Å². The lowest BCUT2D eigenvalue weighted by atomic mass is 10.0. The average molecular weight is 348 g/mol. The third kappa shape index (κ3) is 3.37. The van der Waals surface area contributed by atoms with Gasteiger partial charge in [0.05, 0.1) is 11.6 Å². The van der Waals surface area contributed by atoms with Gasteiger partial charge in [-0.2, -0.15) is 13.2 Å². The minimum Gasteiger partial charge on any atom is -0.492 e. The molecule has 2 aromatic rings. The van der Waals surface area contributed by atoms with E-state index < -0.39 is 11.7 Å². The topological polar surface area (TPSA) is 24.5 Å². The number of hydrogen-bond acceptors (Lipinski definition) is 3. The molecule has 1 atom stereocenters. The first-order valence-electron chi connectivity index (χ1n) is 8.39. The average Bonchev–Trinajstić information content (AvgIpc) is 2.79. The van der Waals surface area contributed by atoms with E-state index in [1.165, 1.54) is 12.1 Å². The fourth-order valence-electron chi connectivity index (χ4n) is 3.46. The number of hydrogen-bond donors (Lipinski definition) is 1. The fourth-order valence-corrected chi connectivity index (χ4v) is 3.46. The van der Waals surface area contributed by atoms with Crippen molar-refractivity contribution < 1.29 is 17.9 Å². The predicted octanol–water partition coefficient (Wildman–Crippen LogP) is 3.54. The number of nitrogens with one attached hydrogen (secondary N) is 1. The van der Waals surface area contributed by atoms with Crippen LogP contribution in [-0.4, -0.2) is 37.2 Å². The third-order valence-corrected chi connectivity index (χ3v) is 4.88. The third-order valence-electron chi connectivity index (χ3n) is 4.88. The van der Waals surface area contributed by atoms with Gasteiger partial charge in [-0.1, -0.05) is 18.2 Å². The molecule has 25 heavy (non-hydrogen) atoms. The molecule has 0 unspecified atom stereocenters. The summed E-state index contributed by atoms with van der Waals surface area (Å²) in [6, 6.07) is 11.5. The van der Waals surface area contributed by atoms with Gasteiger partial charge in [-0.25, -0.2) is 0 Å². The van der Waals surface area contributed by atoms with Gasteiger partial charge >= 0.3 is 6.18 Å². The second-order valence-electron chi connectivity index (χ2n) is 6.54. The SMILES string of the molecule is FC(F)(F)c1ccc(-c2ccc3c(c2)CN2CCNC[C@@H]2CO3)cc1. The maximum absolute atomic E-state index is 12.7. The van der Waals surface area contributed by atoms with Gasteiger partial charge in [0, 0.05) is 31.7 Å². The van der Waals surface area contributed by atoms with E-state index in [1.807, 2.05) is 18.2 Å². The van der Waals surface area contributed by atoms with Crippen LogP contribution < -0.4 is 10.1 Å². The van der Waals surface area contributed by atoms with E-state index in [4.69, 9.17) is 4.74 Å². The van der Waals surface area contributed by atoms with Gasteiger partial charge in [0.2, 0.25) is 0 Å². The van der Waals surface area contributed by atoms with Crippen LogP contribution in [0.25, 0.3) is 11.1 Å². The predicted molar refractivity (Wildman–Crippen MR) is 89.4 cm³/mol. The molecule has 0 aliphatic carbocycles. The molecule has 3 nitrogen and oxygen atoms in total. The molecule has 1 N–H and O–H groups in total. The maximum atomic E-state index is 12.7. The van der Waals surface area contributed by atoms with E-state index in [9.17, 15) is 13.2 Å². The Kier molecular flexibility index (Phi) is 4.17. The number of alkyl halides is 3. The zero-order chi connectivity index (χ0) is 17.4. The summed E-state index contributed by atoms with van der Waals surface area (Å²) >= 11 is 0. The van der Waals surface area contributed by atoms with Crippen LogP contribution in [0.1, 0.15) is 11.1 Å². The molecule has 4 rings (SSSR count). The molecule has 0 saturated carbocycles.